The maximum Gasteiger partial charge on any atom is 0.256 e. The van der Waals surface area contributed by atoms with Gasteiger partial charge in [-0.1, -0.05) is 0 Å². The number of ketones is 1. The summed E-state index contributed by atoms with van der Waals surface area (Å²) in [6.45, 7) is 2.42. The Morgan fingerprint density at radius 3 is 2.81 bits per heavy atom. The van der Waals surface area contributed by atoms with Crippen LogP contribution in [0.15, 0.2) is 36.5 Å². The first-order valence-electron chi connectivity index (χ1n) is 8.94. The van der Waals surface area contributed by atoms with Crippen molar-refractivity contribution in [3.8, 4) is 0 Å². The fraction of sp³-hybridized carbons (Fsp3) is 0.300. The zero-order valence-electron chi connectivity index (χ0n) is 14.9. The number of halogens is 1. The third-order valence-electron chi connectivity index (χ3n) is 4.97. The number of aromatic nitrogens is 3. The molecule has 1 N–H and O–H groups in total. The molecule has 138 valence electrons. The second-order valence-corrected chi connectivity index (χ2v) is 6.81. The number of hydrogen-bond donors (Lipinski definition) is 1. The van der Waals surface area contributed by atoms with Crippen LogP contribution in [0.3, 0.4) is 0 Å². The molecule has 0 saturated carbocycles. The van der Waals surface area contributed by atoms with E-state index in [1.54, 1.807) is 17.2 Å². The second-order valence-electron chi connectivity index (χ2n) is 6.81. The van der Waals surface area contributed by atoms with Gasteiger partial charge < -0.3 is 9.88 Å². The molecule has 27 heavy (non-hydrogen) atoms. The summed E-state index contributed by atoms with van der Waals surface area (Å²) >= 11 is 0. The van der Waals surface area contributed by atoms with E-state index in [0.717, 1.165) is 12.8 Å². The molecule has 1 aromatic carbocycles. The molecule has 3 aromatic rings. The summed E-state index contributed by atoms with van der Waals surface area (Å²) in [5.41, 5.74) is 2.11. The quantitative estimate of drug-likeness (QED) is 0.719. The number of carbonyl (C=O) groups is 2. The number of aryl methyl sites for hydroxylation is 1. The molecule has 0 aliphatic carbocycles. The lowest BCUT2D eigenvalue weighted by Crippen LogP contribution is -2.37. The molecule has 7 heteroatoms. The van der Waals surface area contributed by atoms with Crippen LogP contribution in [0, 0.1) is 12.7 Å². The molecule has 6 nitrogen and oxygen atoms in total. The van der Waals surface area contributed by atoms with Crippen LogP contribution in [0.4, 0.5) is 4.39 Å². The van der Waals surface area contributed by atoms with E-state index in [1.807, 2.05) is 6.92 Å². The van der Waals surface area contributed by atoms with Crippen molar-refractivity contribution in [3.05, 3.63) is 59.3 Å². The highest BCUT2D eigenvalue weighted by Gasteiger charge is 2.32. The summed E-state index contributed by atoms with van der Waals surface area (Å²) in [6.07, 6.45) is 3.43. The van der Waals surface area contributed by atoms with Crippen molar-refractivity contribution in [3.63, 3.8) is 0 Å². The van der Waals surface area contributed by atoms with E-state index in [1.165, 1.54) is 24.3 Å². The highest BCUT2D eigenvalue weighted by molar-refractivity contribution is 6.04. The first-order chi connectivity index (χ1) is 13.0. The largest absolute Gasteiger partial charge is 0.340 e. The van der Waals surface area contributed by atoms with Gasteiger partial charge in [0.05, 0.1) is 11.1 Å². The molecular formula is C20H19FN4O2. The van der Waals surface area contributed by atoms with E-state index in [0.29, 0.717) is 34.7 Å². The maximum absolute atomic E-state index is 13.1. The first-order valence-corrected chi connectivity index (χ1v) is 8.94. The van der Waals surface area contributed by atoms with Gasteiger partial charge in [0.1, 0.15) is 11.6 Å². The molecule has 1 saturated heterocycles. The third kappa shape index (κ3) is 3.32. The number of imidazole rings is 1. The molecule has 2 aromatic heterocycles. The summed E-state index contributed by atoms with van der Waals surface area (Å²) in [6, 6.07) is 7.04. The minimum Gasteiger partial charge on any atom is -0.340 e. The summed E-state index contributed by atoms with van der Waals surface area (Å²) in [7, 11) is 0. The zero-order valence-corrected chi connectivity index (χ0v) is 14.9. The molecule has 1 amide bonds. The van der Waals surface area contributed by atoms with Gasteiger partial charge in [-0.05, 0) is 50.1 Å². The lowest BCUT2D eigenvalue weighted by Gasteiger charge is -2.24. The summed E-state index contributed by atoms with van der Waals surface area (Å²) in [5.74, 6) is 0.111. The van der Waals surface area contributed by atoms with Crippen LogP contribution in [0.2, 0.25) is 0 Å². The highest BCUT2D eigenvalue weighted by Crippen LogP contribution is 2.26. The number of carbonyl (C=O) groups excluding carboxylic acids is 2. The van der Waals surface area contributed by atoms with E-state index in [-0.39, 0.29) is 30.0 Å². The first kappa shape index (κ1) is 17.3. The number of fused-ring (bicyclic) bond motifs is 1. The van der Waals surface area contributed by atoms with Crippen LogP contribution in [0.25, 0.3) is 11.2 Å². The SMILES string of the molecule is Cc1nc2nccc(C(=O)N3CCCC3CC(=O)c3ccc(F)cc3)c2[nH]1. The minimum atomic E-state index is -0.374. The molecule has 0 bridgehead atoms. The summed E-state index contributed by atoms with van der Waals surface area (Å²) in [5, 5.41) is 0. The average Bonchev–Trinajstić information content (AvgIpc) is 3.26. The second kappa shape index (κ2) is 6.90. The van der Waals surface area contributed by atoms with Gasteiger partial charge in [0.25, 0.3) is 5.91 Å². The Hall–Kier alpha value is -3.09. The number of nitrogens with one attached hydrogen (secondary N) is 1. The van der Waals surface area contributed by atoms with Gasteiger partial charge >= 0.3 is 0 Å². The molecule has 1 fully saturated rings. The van der Waals surface area contributed by atoms with E-state index in [4.69, 9.17) is 0 Å². The molecule has 1 aliphatic heterocycles. The topological polar surface area (TPSA) is 79.0 Å². The van der Waals surface area contributed by atoms with Crippen molar-refractivity contribution in [2.75, 3.05) is 6.54 Å². The Morgan fingerprint density at radius 2 is 2.04 bits per heavy atom. The number of nitrogens with zero attached hydrogens (tertiary/aromatic N) is 3. The van der Waals surface area contributed by atoms with Crippen LogP contribution in [0.5, 0.6) is 0 Å². The third-order valence-corrected chi connectivity index (χ3v) is 4.97. The average molecular weight is 366 g/mol. The van der Waals surface area contributed by atoms with Gasteiger partial charge in [-0.2, -0.15) is 0 Å². The lowest BCUT2D eigenvalue weighted by molar-refractivity contribution is 0.0718. The predicted octanol–water partition coefficient (Wildman–Crippen LogP) is 3.28. The molecule has 1 aliphatic rings. The van der Waals surface area contributed by atoms with E-state index >= 15 is 0 Å². The molecule has 3 heterocycles. The summed E-state index contributed by atoms with van der Waals surface area (Å²) in [4.78, 5) is 39.0. The van der Waals surface area contributed by atoms with E-state index in [9.17, 15) is 14.0 Å². The standard InChI is InChI=1S/C20H19FN4O2/c1-12-23-18-16(8-9-22-19(18)24-12)20(27)25-10-2-3-15(25)11-17(26)13-4-6-14(21)7-5-13/h4-9,15H,2-3,10-11H2,1H3,(H,22,23,24). The highest BCUT2D eigenvalue weighted by atomic mass is 19.1. The van der Waals surface area contributed by atoms with Crippen molar-refractivity contribution < 1.29 is 14.0 Å². The number of amides is 1. The molecule has 1 atom stereocenters. The van der Waals surface area contributed by atoms with Gasteiger partial charge in [0.15, 0.2) is 11.4 Å². The van der Waals surface area contributed by atoms with Gasteiger partial charge in [-0.3, -0.25) is 9.59 Å². The summed E-state index contributed by atoms with van der Waals surface area (Å²) < 4.78 is 13.1. The molecular weight excluding hydrogens is 347 g/mol. The number of Topliss-reactive ketones (excluding diaryl/α,β-unsaturated/α-hetero) is 1. The van der Waals surface area contributed by atoms with Crippen LogP contribution in [-0.2, 0) is 0 Å². The van der Waals surface area contributed by atoms with E-state index < -0.39 is 0 Å². The van der Waals surface area contributed by atoms with Crippen molar-refractivity contribution in [2.45, 2.75) is 32.2 Å². The number of aromatic amines is 1. The van der Waals surface area contributed by atoms with Crippen LogP contribution < -0.4 is 0 Å². The number of pyridine rings is 1. The number of likely N-dealkylation sites (tertiary alicyclic amines) is 1. The molecule has 0 radical (unpaired) electrons. The smallest absolute Gasteiger partial charge is 0.256 e. The number of rotatable bonds is 4. The van der Waals surface area contributed by atoms with Crippen molar-refractivity contribution in [1.82, 2.24) is 19.9 Å². The van der Waals surface area contributed by atoms with Gasteiger partial charge in [0.2, 0.25) is 0 Å². The molecule has 4 rings (SSSR count). The van der Waals surface area contributed by atoms with Crippen molar-refractivity contribution in [2.24, 2.45) is 0 Å². The fourth-order valence-electron chi connectivity index (χ4n) is 3.64. The van der Waals surface area contributed by atoms with Crippen molar-refractivity contribution in [1.29, 1.82) is 0 Å². The van der Waals surface area contributed by atoms with Gasteiger partial charge in [-0.15, -0.1) is 0 Å². The monoisotopic (exact) mass is 366 g/mol. The predicted molar refractivity (Wildman–Crippen MR) is 98.0 cm³/mol. The zero-order chi connectivity index (χ0) is 19.0. The molecule has 0 spiro atoms. The molecule has 1 unspecified atom stereocenters. The van der Waals surface area contributed by atoms with Gasteiger partial charge in [0, 0.05) is 30.8 Å². The van der Waals surface area contributed by atoms with Crippen LogP contribution >= 0.6 is 0 Å². The van der Waals surface area contributed by atoms with Crippen LogP contribution in [-0.4, -0.2) is 44.1 Å². The Kier molecular flexibility index (Phi) is 4.43. The Labute approximate surface area is 155 Å². The van der Waals surface area contributed by atoms with Gasteiger partial charge in [-0.25, -0.2) is 14.4 Å². The lowest BCUT2D eigenvalue weighted by atomic mass is 10.0. The Bertz CT molecular complexity index is 1010. The number of hydrogen-bond acceptors (Lipinski definition) is 4. The van der Waals surface area contributed by atoms with Crippen molar-refractivity contribution >= 4 is 22.9 Å². The van der Waals surface area contributed by atoms with E-state index in [2.05, 4.69) is 15.0 Å². The number of benzene rings is 1. The fourth-order valence-corrected chi connectivity index (χ4v) is 3.64. The maximum atomic E-state index is 13.1. The number of H-pyrrole nitrogens is 1. The Morgan fingerprint density at radius 1 is 1.26 bits per heavy atom. The minimum absolute atomic E-state index is 0.0861. The normalized spacial score (nSPS) is 16.8. The van der Waals surface area contributed by atoms with Crippen LogP contribution in [0.1, 0.15) is 45.8 Å². The Balaban J connectivity index is 1.56.